The van der Waals surface area contributed by atoms with Crippen molar-refractivity contribution in [3.63, 3.8) is 0 Å². The Balaban J connectivity index is 2.23. The van der Waals surface area contributed by atoms with E-state index in [4.69, 9.17) is 10.5 Å². The Bertz CT molecular complexity index is 765. The molecule has 4 nitrogen and oxygen atoms in total. The standard InChI is InChI=1S/C17H18N2O2/c1-17(18,16(20)21-2)11-19-14-9-5-3-7-12(14)13-8-4-6-10-15(13)19/h3-10H,11,18H2,1-2H3. The van der Waals surface area contributed by atoms with Gasteiger partial charge in [-0.3, -0.25) is 4.79 Å². The molecule has 2 N–H and O–H groups in total. The van der Waals surface area contributed by atoms with Gasteiger partial charge >= 0.3 is 5.97 Å². The van der Waals surface area contributed by atoms with E-state index in [0.717, 1.165) is 21.8 Å². The molecule has 3 rings (SSSR count). The van der Waals surface area contributed by atoms with Crippen LogP contribution in [0.4, 0.5) is 0 Å². The third-order valence-corrected chi connectivity index (χ3v) is 3.82. The number of para-hydroxylation sites is 2. The van der Waals surface area contributed by atoms with Gasteiger partial charge < -0.3 is 15.0 Å². The van der Waals surface area contributed by atoms with Gasteiger partial charge in [-0.2, -0.15) is 0 Å². The fraction of sp³-hybridized carbons (Fsp3) is 0.235. The van der Waals surface area contributed by atoms with E-state index in [0.29, 0.717) is 6.54 Å². The van der Waals surface area contributed by atoms with Crippen LogP contribution in [0.2, 0.25) is 0 Å². The van der Waals surface area contributed by atoms with Crippen molar-refractivity contribution in [2.24, 2.45) is 5.73 Å². The Morgan fingerprint density at radius 3 is 2.05 bits per heavy atom. The van der Waals surface area contributed by atoms with Crippen molar-refractivity contribution in [2.75, 3.05) is 7.11 Å². The summed E-state index contributed by atoms with van der Waals surface area (Å²) in [5.74, 6) is -0.413. The third kappa shape index (κ3) is 2.17. The van der Waals surface area contributed by atoms with Crippen LogP contribution in [0.3, 0.4) is 0 Å². The second-order valence-electron chi connectivity index (χ2n) is 5.53. The largest absolute Gasteiger partial charge is 0.468 e. The zero-order valence-electron chi connectivity index (χ0n) is 12.2. The highest BCUT2D eigenvalue weighted by molar-refractivity contribution is 6.08. The normalized spacial score (nSPS) is 14.2. The number of rotatable bonds is 3. The van der Waals surface area contributed by atoms with Crippen LogP contribution in [0.1, 0.15) is 6.92 Å². The van der Waals surface area contributed by atoms with Crippen LogP contribution in [0, 0.1) is 0 Å². The molecule has 0 bridgehead atoms. The van der Waals surface area contributed by atoms with Crippen molar-refractivity contribution in [3.05, 3.63) is 48.5 Å². The zero-order valence-corrected chi connectivity index (χ0v) is 12.2. The second kappa shape index (κ2) is 4.90. The number of nitrogens with two attached hydrogens (primary N) is 1. The lowest BCUT2D eigenvalue weighted by molar-refractivity contribution is -0.146. The van der Waals surface area contributed by atoms with Crippen LogP contribution >= 0.6 is 0 Å². The summed E-state index contributed by atoms with van der Waals surface area (Å²) in [6.07, 6.45) is 0. The molecule has 0 radical (unpaired) electrons. The molecule has 0 spiro atoms. The minimum absolute atomic E-state index is 0.369. The molecule has 0 aliphatic carbocycles. The summed E-state index contributed by atoms with van der Waals surface area (Å²) in [4.78, 5) is 11.9. The first-order valence-electron chi connectivity index (χ1n) is 6.88. The number of hydrogen-bond acceptors (Lipinski definition) is 3. The van der Waals surface area contributed by atoms with E-state index in [2.05, 4.69) is 16.7 Å². The first kappa shape index (κ1) is 13.6. The fourth-order valence-electron chi connectivity index (χ4n) is 2.80. The molecular formula is C17H18N2O2. The van der Waals surface area contributed by atoms with Gasteiger partial charge in [0.2, 0.25) is 0 Å². The number of ether oxygens (including phenoxy) is 1. The minimum atomic E-state index is -1.07. The highest BCUT2D eigenvalue weighted by Gasteiger charge is 2.31. The monoisotopic (exact) mass is 282 g/mol. The Morgan fingerprint density at radius 2 is 1.57 bits per heavy atom. The van der Waals surface area contributed by atoms with Gasteiger partial charge in [-0.05, 0) is 19.1 Å². The molecule has 4 heteroatoms. The summed E-state index contributed by atoms with van der Waals surface area (Å²) in [6.45, 7) is 2.07. The molecule has 0 saturated carbocycles. The van der Waals surface area contributed by atoms with Gasteiger partial charge in [-0.15, -0.1) is 0 Å². The van der Waals surface area contributed by atoms with Gasteiger partial charge in [0.1, 0.15) is 5.54 Å². The third-order valence-electron chi connectivity index (χ3n) is 3.82. The minimum Gasteiger partial charge on any atom is -0.468 e. The lowest BCUT2D eigenvalue weighted by Crippen LogP contribution is -2.49. The number of esters is 1. The Morgan fingerprint density at radius 1 is 1.10 bits per heavy atom. The van der Waals surface area contributed by atoms with Crippen molar-refractivity contribution < 1.29 is 9.53 Å². The molecule has 1 unspecified atom stereocenters. The fourth-order valence-corrected chi connectivity index (χ4v) is 2.80. The highest BCUT2D eigenvalue weighted by Crippen LogP contribution is 2.29. The van der Waals surface area contributed by atoms with E-state index in [-0.39, 0.29) is 0 Å². The average molecular weight is 282 g/mol. The number of carbonyl (C=O) groups is 1. The van der Waals surface area contributed by atoms with Gasteiger partial charge in [0.25, 0.3) is 0 Å². The number of benzene rings is 2. The Labute approximate surface area is 123 Å². The van der Waals surface area contributed by atoms with Crippen molar-refractivity contribution in [3.8, 4) is 0 Å². The lowest BCUT2D eigenvalue weighted by atomic mass is 10.0. The SMILES string of the molecule is COC(=O)C(C)(N)Cn1c2ccccc2c2ccccc21. The summed E-state index contributed by atoms with van der Waals surface area (Å²) in [5.41, 5.74) is 7.22. The van der Waals surface area contributed by atoms with Gasteiger partial charge in [-0.25, -0.2) is 0 Å². The first-order chi connectivity index (χ1) is 10.0. The molecular weight excluding hydrogens is 264 g/mol. The summed E-state index contributed by atoms with van der Waals surface area (Å²) in [6, 6.07) is 16.3. The topological polar surface area (TPSA) is 57.2 Å². The van der Waals surface area contributed by atoms with Crippen LogP contribution in [-0.4, -0.2) is 23.2 Å². The summed E-state index contributed by atoms with van der Waals surface area (Å²) in [5, 5.41) is 2.32. The maximum absolute atomic E-state index is 11.9. The number of aromatic nitrogens is 1. The molecule has 0 amide bonds. The van der Waals surface area contributed by atoms with Crippen LogP contribution < -0.4 is 5.73 Å². The molecule has 1 heterocycles. The molecule has 0 aliphatic heterocycles. The van der Waals surface area contributed by atoms with Crippen molar-refractivity contribution >= 4 is 27.8 Å². The van der Waals surface area contributed by atoms with Crippen molar-refractivity contribution in [1.29, 1.82) is 0 Å². The molecule has 3 aromatic rings. The van der Waals surface area contributed by atoms with E-state index in [9.17, 15) is 4.79 Å². The van der Waals surface area contributed by atoms with E-state index in [1.54, 1.807) is 6.92 Å². The summed E-state index contributed by atoms with van der Waals surface area (Å²) >= 11 is 0. The van der Waals surface area contributed by atoms with Gasteiger partial charge in [0.05, 0.1) is 13.7 Å². The van der Waals surface area contributed by atoms with E-state index in [1.165, 1.54) is 7.11 Å². The summed E-state index contributed by atoms with van der Waals surface area (Å²) < 4.78 is 6.90. The van der Waals surface area contributed by atoms with Crippen LogP contribution in [0.15, 0.2) is 48.5 Å². The second-order valence-corrected chi connectivity index (χ2v) is 5.53. The molecule has 2 aromatic carbocycles. The predicted octanol–water partition coefficient (Wildman–Crippen LogP) is 2.68. The van der Waals surface area contributed by atoms with Gasteiger partial charge in [0, 0.05) is 21.8 Å². The number of fused-ring (bicyclic) bond motifs is 3. The number of hydrogen-bond donors (Lipinski definition) is 1. The van der Waals surface area contributed by atoms with Gasteiger partial charge in [-0.1, -0.05) is 36.4 Å². The number of methoxy groups -OCH3 is 1. The number of carbonyl (C=O) groups excluding carboxylic acids is 1. The highest BCUT2D eigenvalue weighted by atomic mass is 16.5. The first-order valence-corrected chi connectivity index (χ1v) is 6.88. The van der Waals surface area contributed by atoms with Crippen molar-refractivity contribution in [2.45, 2.75) is 19.0 Å². The molecule has 108 valence electrons. The predicted molar refractivity (Wildman–Crippen MR) is 84.1 cm³/mol. The van der Waals surface area contributed by atoms with Crippen molar-refractivity contribution in [1.82, 2.24) is 4.57 Å². The molecule has 21 heavy (non-hydrogen) atoms. The van der Waals surface area contributed by atoms with Crippen LogP contribution in [-0.2, 0) is 16.1 Å². The molecule has 1 aromatic heterocycles. The maximum Gasteiger partial charge on any atom is 0.327 e. The van der Waals surface area contributed by atoms with E-state index < -0.39 is 11.5 Å². The Hall–Kier alpha value is -2.33. The van der Waals surface area contributed by atoms with Crippen LogP contribution in [0.5, 0.6) is 0 Å². The molecule has 0 aliphatic rings. The maximum atomic E-state index is 11.9. The smallest absolute Gasteiger partial charge is 0.327 e. The molecule has 0 fully saturated rings. The van der Waals surface area contributed by atoms with Crippen LogP contribution in [0.25, 0.3) is 21.8 Å². The number of nitrogens with zero attached hydrogens (tertiary/aromatic N) is 1. The zero-order chi connectivity index (χ0) is 15.0. The quantitative estimate of drug-likeness (QED) is 0.751. The molecule has 1 atom stereocenters. The Kier molecular flexibility index (Phi) is 3.18. The average Bonchev–Trinajstić information content (AvgIpc) is 2.81. The van der Waals surface area contributed by atoms with Gasteiger partial charge in [0.15, 0.2) is 0 Å². The summed E-state index contributed by atoms with van der Waals surface area (Å²) in [7, 11) is 1.36. The lowest BCUT2D eigenvalue weighted by Gasteiger charge is -2.23. The van der Waals surface area contributed by atoms with E-state index in [1.807, 2.05) is 36.4 Å². The van der Waals surface area contributed by atoms with E-state index >= 15 is 0 Å². The molecule has 0 saturated heterocycles.